The lowest BCUT2D eigenvalue weighted by atomic mass is 10.1. The van der Waals surface area contributed by atoms with Crippen LogP contribution in [0.3, 0.4) is 0 Å². The molecule has 5 nitrogen and oxygen atoms in total. The molecule has 0 bridgehead atoms. The Morgan fingerprint density at radius 3 is 2.59 bits per heavy atom. The van der Waals surface area contributed by atoms with Crippen LogP contribution in [-0.2, 0) is 4.79 Å². The summed E-state index contributed by atoms with van der Waals surface area (Å²) in [6, 6.07) is 0. The predicted octanol–water partition coefficient (Wildman–Crippen LogP) is 0.0695. The number of piperidine rings is 1. The van der Waals surface area contributed by atoms with Crippen molar-refractivity contribution in [3.8, 4) is 0 Å². The fourth-order valence-electron chi connectivity index (χ4n) is 2.07. The summed E-state index contributed by atoms with van der Waals surface area (Å²) in [5, 5.41) is 20.1. The van der Waals surface area contributed by atoms with Gasteiger partial charge in [0.15, 0.2) is 6.29 Å². The summed E-state index contributed by atoms with van der Waals surface area (Å²) < 4.78 is 0. The molecule has 1 heterocycles. The second-order valence-electron chi connectivity index (χ2n) is 4.63. The number of aliphatic hydroxyl groups is 2. The van der Waals surface area contributed by atoms with E-state index < -0.39 is 6.29 Å². The minimum Gasteiger partial charge on any atom is -0.368 e. The number of nitrogens with one attached hydrogen (secondary N) is 1. The number of carbonyl (C=O) groups is 1. The maximum atomic E-state index is 11.4. The number of aliphatic hydroxyl groups excluding tert-OH is 1. The average molecular weight is 244 g/mol. The summed E-state index contributed by atoms with van der Waals surface area (Å²) in [6.45, 7) is 3.91. The Morgan fingerprint density at radius 2 is 1.94 bits per heavy atom. The molecular formula is C12H24N2O3. The zero-order valence-electron chi connectivity index (χ0n) is 10.4. The second kappa shape index (κ2) is 8.44. The minimum atomic E-state index is -1.30. The van der Waals surface area contributed by atoms with Crippen LogP contribution >= 0.6 is 0 Å². The number of hydrogen-bond donors (Lipinski definition) is 3. The highest BCUT2D eigenvalue weighted by Crippen LogP contribution is 2.07. The van der Waals surface area contributed by atoms with Crippen LogP contribution in [0, 0.1) is 0 Å². The molecule has 0 unspecified atom stereocenters. The first-order valence-electron chi connectivity index (χ1n) is 6.53. The summed E-state index contributed by atoms with van der Waals surface area (Å²) in [5.41, 5.74) is 0. The summed E-state index contributed by atoms with van der Waals surface area (Å²) in [7, 11) is 0. The topological polar surface area (TPSA) is 72.8 Å². The van der Waals surface area contributed by atoms with Crippen molar-refractivity contribution in [1.82, 2.24) is 10.2 Å². The third-order valence-electron chi connectivity index (χ3n) is 3.07. The van der Waals surface area contributed by atoms with E-state index in [1.165, 1.54) is 19.3 Å². The van der Waals surface area contributed by atoms with Crippen molar-refractivity contribution >= 4 is 5.91 Å². The maximum Gasteiger partial charge on any atom is 0.220 e. The molecule has 0 saturated carbocycles. The molecule has 0 aliphatic carbocycles. The molecule has 1 aliphatic rings. The van der Waals surface area contributed by atoms with E-state index in [1.54, 1.807) is 0 Å². The lowest BCUT2D eigenvalue weighted by molar-refractivity contribution is -0.121. The predicted molar refractivity (Wildman–Crippen MR) is 65.4 cm³/mol. The normalized spacial score (nSPS) is 17.4. The molecular weight excluding hydrogens is 220 g/mol. The standard InChI is InChI=1S/C12H24N2O3/c15-11(5-4-6-12(16)17)13-7-10-14-8-2-1-3-9-14/h12,16-17H,1-10H2,(H,13,15). The Kier molecular flexibility index (Phi) is 7.16. The highest BCUT2D eigenvalue weighted by molar-refractivity contribution is 5.75. The lowest BCUT2D eigenvalue weighted by Gasteiger charge is -2.26. The fourth-order valence-corrected chi connectivity index (χ4v) is 2.07. The van der Waals surface area contributed by atoms with Gasteiger partial charge in [-0.2, -0.15) is 0 Å². The van der Waals surface area contributed by atoms with Crippen LogP contribution in [0.4, 0.5) is 0 Å². The average Bonchev–Trinajstić information content (AvgIpc) is 2.30. The van der Waals surface area contributed by atoms with E-state index in [0.29, 0.717) is 19.4 Å². The van der Waals surface area contributed by atoms with Crippen molar-refractivity contribution in [2.75, 3.05) is 26.2 Å². The van der Waals surface area contributed by atoms with Crippen LogP contribution in [0.1, 0.15) is 38.5 Å². The smallest absolute Gasteiger partial charge is 0.220 e. The number of nitrogens with zero attached hydrogens (tertiary/aromatic N) is 1. The molecule has 100 valence electrons. The van der Waals surface area contributed by atoms with Gasteiger partial charge in [0.2, 0.25) is 5.91 Å². The summed E-state index contributed by atoms with van der Waals surface area (Å²) in [4.78, 5) is 13.7. The summed E-state index contributed by atoms with van der Waals surface area (Å²) in [6.07, 6.45) is 3.72. The second-order valence-corrected chi connectivity index (χ2v) is 4.63. The number of hydrogen-bond acceptors (Lipinski definition) is 4. The fraction of sp³-hybridized carbons (Fsp3) is 0.917. The van der Waals surface area contributed by atoms with Gasteiger partial charge in [0, 0.05) is 19.5 Å². The molecule has 0 atom stereocenters. The van der Waals surface area contributed by atoms with Gasteiger partial charge < -0.3 is 20.4 Å². The van der Waals surface area contributed by atoms with Gasteiger partial charge in [-0.1, -0.05) is 6.42 Å². The largest absolute Gasteiger partial charge is 0.368 e. The third kappa shape index (κ3) is 7.31. The Labute approximate surface area is 103 Å². The van der Waals surface area contributed by atoms with Crippen molar-refractivity contribution < 1.29 is 15.0 Å². The number of rotatable bonds is 7. The molecule has 0 aromatic rings. The quantitative estimate of drug-likeness (QED) is 0.554. The van der Waals surface area contributed by atoms with Gasteiger partial charge >= 0.3 is 0 Å². The molecule has 17 heavy (non-hydrogen) atoms. The molecule has 1 aliphatic heterocycles. The zero-order valence-corrected chi connectivity index (χ0v) is 10.4. The van der Waals surface area contributed by atoms with Gasteiger partial charge in [-0.15, -0.1) is 0 Å². The number of likely N-dealkylation sites (tertiary alicyclic amines) is 1. The van der Waals surface area contributed by atoms with Crippen LogP contribution in [0.5, 0.6) is 0 Å². The molecule has 0 aromatic carbocycles. The van der Waals surface area contributed by atoms with Gasteiger partial charge in [0.1, 0.15) is 0 Å². The summed E-state index contributed by atoms with van der Waals surface area (Å²) in [5.74, 6) is 0.00246. The van der Waals surface area contributed by atoms with E-state index in [1.807, 2.05) is 0 Å². The van der Waals surface area contributed by atoms with E-state index in [9.17, 15) is 4.79 Å². The first-order chi connectivity index (χ1) is 8.18. The van der Waals surface area contributed by atoms with Crippen molar-refractivity contribution in [3.05, 3.63) is 0 Å². The Morgan fingerprint density at radius 1 is 1.24 bits per heavy atom. The molecule has 3 N–H and O–H groups in total. The molecule has 1 saturated heterocycles. The Balaban J connectivity index is 1.95. The molecule has 5 heteroatoms. The van der Waals surface area contributed by atoms with Gasteiger partial charge in [-0.3, -0.25) is 4.79 Å². The van der Waals surface area contributed by atoms with Crippen molar-refractivity contribution in [3.63, 3.8) is 0 Å². The van der Waals surface area contributed by atoms with E-state index in [2.05, 4.69) is 10.2 Å². The van der Waals surface area contributed by atoms with Gasteiger partial charge in [0.05, 0.1) is 0 Å². The highest BCUT2D eigenvalue weighted by Gasteiger charge is 2.09. The maximum absolute atomic E-state index is 11.4. The molecule has 1 amide bonds. The van der Waals surface area contributed by atoms with Crippen LogP contribution in [0.25, 0.3) is 0 Å². The van der Waals surface area contributed by atoms with Crippen molar-refractivity contribution in [1.29, 1.82) is 0 Å². The molecule has 0 radical (unpaired) electrons. The van der Waals surface area contributed by atoms with Crippen molar-refractivity contribution in [2.45, 2.75) is 44.8 Å². The Bertz CT molecular complexity index is 216. The van der Waals surface area contributed by atoms with Gasteiger partial charge in [-0.05, 0) is 38.8 Å². The van der Waals surface area contributed by atoms with Crippen LogP contribution in [0.2, 0.25) is 0 Å². The van der Waals surface area contributed by atoms with E-state index >= 15 is 0 Å². The number of amides is 1. The highest BCUT2D eigenvalue weighted by atomic mass is 16.5. The van der Waals surface area contributed by atoms with Crippen LogP contribution in [-0.4, -0.2) is 53.5 Å². The SMILES string of the molecule is O=C(CCCC(O)O)NCCN1CCCCC1. The van der Waals surface area contributed by atoms with Gasteiger partial charge in [-0.25, -0.2) is 0 Å². The van der Waals surface area contributed by atoms with Crippen LogP contribution < -0.4 is 5.32 Å². The van der Waals surface area contributed by atoms with E-state index in [-0.39, 0.29) is 12.3 Å². The molecule has 1 fully saturated rings. The third-order valence-corrected chi connectivity index (χ3v) is 3.07. The van der Waals surface area contributed by atoms with Crippen molar-refractivity contribution in [2.24, 2.45) is 0 Å². The Hall–Kier alpha value is -0.650. The number of carbonyl (C=O) groups excluding carboxylic acids is 1. The first kappa shape index (κ1) is 14.4. The molecule has 1 rings (SSSR count). The monoisotopic (exact) mass is 244 g/mol. The lowest BCUT2D eigenvalue weighted by Crippen LogP contribution is -2.37. The zero-order chi connectivity index (χ0) is 12.5. The van der Waals surface area contributed by atoms with Crippen LogP contribution in [0.15, 0.2) is 0 Å². The molecule has 0 spiro atoms. The van der Waals surface area contributed by atoms with Gasteiger partial charge in [0.25, 0.3) is 0 Å². The minimum absolute atomic E-state index is 0.00246. The summed E-state index contributed by atoms with van der Waals surface area (Å²) >= 11 is 0. The first-order valence-corrected chi connectivity index (χ1v) is 6.53. The van der Waals surface area contributed by atoms with E-state index in [4.69, 9.17) is 10.2 Å². The molecule has 0 aromatic heterocycles. The van der Waals surface area contributed by atoms with E-state index in [0.717, 1.165) is 19.6 Å².